The maximum Gasteiger partial charge on any atom is 0.193 e. The van der Waals surface area contributed by atoms with Crippen LogP contribution in [-0.4, -0.2) is 5.11 Å². The Morgan fingerprint density at radius 1 is 1.17 bits per heavy atom. The molecule has 2 nitrogen and oxygen atoms in total. The fourth-order valence-electron chi connectivity index (χ4n) is 2.33. The van der Waals surface area contributed by atoms with Gasteiger partial charge in [-0.05, 0) is 61.2 Å². The number of aryl methyl sites for hydroxylation is 3. The molecule has 0 aliphatic carbocycles. The van der Waals surface area contributed by atoms with Crippen molar-refractivity contribution in [3.05, 3.63) is 57.5 Å². The van der Waals surface area contributed by atoms with Crippen molar-refractivity contribution in [2.45, 2.75) is 33.3 Å². The molecule has 3 heteroatoms. The van der Waals surface area contributed by atoms with Crippen LogP contribution in [0.4, 0.5) is 0 Å². The van der Waals surface area contributed by atoms with E-state index in [1.54, 1.807) is 12.1 Å². The Kier molecular flexibility index (Phi) is 3.79. The summed E-state index contributed by atoms with van der Waals surface area (Å²) in [4.78, 5) is 0. The van der Waals surface area contributed by atoms with Gasteiger partial charge in [0.2, 0.25) is 0 Å². The van der Waals surface area contributed by atoms with Gasteiger partial charge in [-0.1, -0.05) is 17.7 Å². The third kappa shape index (κ3) is 2.77. The molecule has 0 saturated carbocycles. The van der Waals surface area contributed by atoms with Crippen LogP contribution in [0.15, 0.2) is 28.7 Å². The molecule has 0 bridgehead atoms. The van der Waals surface area contributed by atoms with E-state index in [1.807, 2.05) is 0 Å². The van der Waals surface area contributed by atoms with Crippen molar-refractivity contribution in [3.63, 3.8) is 0 Å². The second-order valence-corrected chi connectivity index (χ2v) is 5.11. The van der Waals surface area contributed by atoms with Crippen molar-refractivity contribution in [1.82, 2.24) is 0 Å². The van der Waals surface area contributed by atoms with Crippen LogP contribution in [0.5, 0.6) is 0 Å². The molecule has 1 atom stereocenters. The molecular weight excluding hydrogens is 248 g/mol. The number of halogens is 1. The quantitative estimate of drug-likeness (QED) is 0.904. The highest BCUT2D eigenvalue weighted by atomic mass is 35.5. The lowest BCUT2D eigenvalue weighted by Crippen LogP contribution is -2.04. The number of aliphatic hydroxyl groups excluding tert-OH is 1. The first-order chi connectivity index (χ1) is 8.47. The predicted octanol–water partition coefficient (Wildman–Crippen LogP) is 4.13. The summed E-state index contributed by atoms with van der Waals surface area (Å²) in [5, 5.41) is 10.5. The van der Waals surface area contributed by atoms with E-state index in [-0.39, 0.29) is 0 Å². The fraction of sp³-hybridized carbons (Fsp3) is 0.333. The van der Waals surface area contributed by atoms with Gasteiger partial charge in [-0.25, -0.2) is 0 Å². The number of hydrogen-bond donors (Lipinski definition) is 1. The van der Waals surface area contributed by atoms with Gasteiger partial charge in [-0.2, -0.15) is 0 Å². The number of furan rings is 1. The van der Waals surface area contributed by atoms with Gasteiger partial charge < -0.3 is 9.52 Å². The zero-order chi connectivity index (χ0) is 13.3. The molecule has 0 aliphatic rings. The van der Waals surface area contributed by atoms with Crippen molar-refractivity contribution >= 4 is 11.6 Å². The standard InChI is InChI=1S/C15H17ClO2/c1-9-6-10(2)12(11(3)7-9)8-13(17)14-4-5-15(16)18-14/h4-7,13,17H,8H2,1-3H3. The van der Waals surface area contributed by atoms with Crippen LogP contribution in [0.1, 0.15) is 34.1 Å². The summed E-state index contributed by atoms with van der Waals surface area (Å²) in [5.74, 6) is 0.513. The zero-order valence-corrected chi connectivity index (χ0v) is 11.6. The maximum atomic E-state index is 10.2. The zero-order valence-electron chi connectivity index (χ0n) is 10.8. The third-order valence-electron chi connectivity index (χ3n) is 3.16. The summed E-state index contributed by atoms with van der Waals surface area (Å²) in [6.07, 6.45) is -0.112. The van der Waals surface area contributed by atoms with Gasteiger partial charge in [-0.15, -0.1) is 0 Å². The molecule has 1 aromatic heterocycles. The first-order valence-electron chi connectivity index (χ1n) is 5.97. The molecule has 0 aliphatic heterocycles. The Morgan fingerprint density at radius 3 is 2.28 bits per heavy atom. The van der Waals surface area contributed by atoms with Gasteiger partial charge in [0, 0.05) is 6.42 Å². The minimum atomic E-state index is -0.655. The topological polar surface area (TPSA) is 33.4 Å². The van der Waals surface area contributed by atoms with Gasteiger partial charge in [-0.3, -0.25) is 0 Å². The lowest BCUT2D eigenvalue weighted by Gasteiger charge is -2.14. The smallest absolute Gasteiger partial charge is 0.193 e. The lowest BCUT2D eigenvalue weighted by molar-refractivity contribution is 0.150. The Balaban J connectivity index is 2.24. The Morgan fingerprint density at radius 2 is 1.78 bits per heavy atom. The van der Waals surface area contributed by atoms with Gasteiger partial charge in [0.05, 0.1) is 0 Å². The van der Waals surface area contributed by atoms with Crippen LogP contribution in [0.2, 0.25) is 5.22 Å². The van der Waals surface area contributed by atoms with E-state index < -0.39 is 6.10 Å². The monoisotopic (exact) mass is 264 g/mol. The predicted molar refractivity (Wildman–Crippen MR) is 73.0 cm³/mol. The van der Waals surface area contributed by atoms with Gasteiger partial charge >= 0.3 is 0 Å². The first-order valence-corrected chi connectivity index (χ1v) is 6.35. The summed E-state index contributed by atoms with van der Waals surface area (Å²) in [7, 11) is 0. The first kappa shape index (κ1) is 13.2. The Bertz CT molecular complexity index is 534. The molecule has 2 aromatic rings. The normalized spacial score (nSPS) is 12.7. The number of rotatable bonds is 3. The molecule has 0 spiro atoms. The number of hydrogen-bond acceptors (Lipinski definition) is 2. The molecule has 0 radical (unpaired) electrons. The highest BCUT2D eigenvalue weighted by Gasteiger charge is 2.15. The van der Waals surface area contributed by atoms with E-state index in [4.69, 9.17) is 16.0 Å². The van der Waals surface area contributed by atoms with Gasteiger partial charge in [0.25, 0.3) is 0 Å². The van der Waals surface area contributed by atoms with E-state index in [1.165, 1.54) is 22.3 Å². The molecule has 1 heterocycles. The molecule has 0 fully saturated rings. The van der Waals surface area contributed by atoms with Crippen LogP contribution in [0, 0.1) is 20.8 Å². The largest absolute Gasteiger partial charge is 0.447 e. The molecule has 1 N–H and O–H groups in total. The number of aliphatic hydroxyl groups is 1. The van der Waals surface area contributed by atoms with Crippen LogP contribution in [-0.2, 0) is 6.42 Å². The molecule has 1 unspecified atom stereocenters. The molecule has 2 rings (SSSR count). The second-order valence-electron chi connectivity index (χ2n) is 4.74. The van der Waals surface area contributed by atoms with E-state index >= 15 is 0 Å². The van der Waals surface area contributed by atoms with Crippen molar-refractivity contribution in [2.24, 2.45) is 0 Å². The molecule has 18 heavy (non-hydrogen) atoms. The summed E-state index contributed by atoms with van der Waals surface area (Å²) in [5.41, 5.74) is 4.80. The van der Waals surface area contributed by atoms with Crippen molar-refractivity contribution in [3.8, 4) is 0 Å². The van der Waals surface area contributed by atoms with Gasteiger partial charge in [0.15, 0.2) is 5.22 Å². The summed E-state index contributed by atoms with van der Waals surface area (Å²) < 4.78 is 5.24. The average Bonchev–Trinajstić information content (AvgIpc) is 2.70. The Labute approximate surface area is 112 Å². The fourth-order valence-corrected chi connectivity index (χ4v) is 2.49. The minimum Gasteiger partial charge on any atom is -0.447 e. The Hall–Kier alpha value is -1.25. The van der Waals surface area contributed by atoms with E-state index in [0.29, 0.717) is 17.4 Å². The highest BCUT2D eigenvalue weighted by Crippen LogP contribution is 2.26. The average molecular weight is 265 g/mol. The highest BCUT2D eigenvalue weighted by molar-refractivity contribution is 6.28. The molecule has 1 aromatic carbocycles. The van der Waals surface area contributed by atoms with Gasteiger partial charge in [0.1, 0.15) is 11.9 Å². The van der Waals surface area contributed by atoms with E-state index in [2.05, 4.69) is 32.9 Å². The third-order valence-corrected chi connectivity index (χ3v) is 3.36. The maximum absolute atomic E-state index is 10.2. The SMILES string of the molecule is Cc1cc(C)c(CC(O)c2ccc(Cl)o2)c(C)c1. The van der Waals surface area contributed by atoms with Crippen LogP contribution >= 0.6 is 11.6 Å². The van der Waals surface area contributed by atoms with Crippen LogP contribution in [0.25, 0.3) is 0 Å². The molecule has 0 amide bonds. The van der Waals surface area contributed by atoms with Crippen molar-refractivity contribution in [2.75, 3.05) is 0 Å². The number of benzene rings is 1. The molecule has 96 valence electrons. The summed E-state index contributed by atoms with van der Waals surface area (Å²) >= 11 is 5.71. The molecule has 0 saturated heterocycles. The van der Waals surface area contributed by atoms with E-state index in [0.717, 1.165) is 0 Å². The summed E-state index contributed by atoms with van der Waals surface area (Å²) in [6.45, 7) is 6.21. The lowest BCUT2D eigenvalue weighted by atomic mass is 9.95. The minimum absolute atomic E-state index is 0.307. The van der Waals surface area contributed by atoms with E-state index in [9.17, 15) is 5.11 Å². The van der Waals surface area contributed by atoms with Crippen LogP contribution < -0.4 is 0 Å². The molecular formula is C15H17ClO2. The second kappa shape index (κ2) is 5.17. The van der Waals surface area contributed by atoms with Crippen molar-refractivity contribution in [1.29, 1.82) is 0 Å². The van der Waals surface area contributed by atoms with Crippen LogP contribution in [0.3, 0.4) is 0 Å². The van der Waals surface area contributed by atoms with Crippen molar-refractivity contribution < 1.29 is 9.52 Å². The summed E-state index contributed by atoms with van der Waals surface area (Å²) in [6, 6.07) is 7.62.